The van der Waals surface area contributed by atoms with Crippen LogP contribution in [-0.4, -0.2) is 38.7 Å². The maximum atomic E-state index is 11.4. The molecule has 1 aliphatic rings. The van der Waals surface area contributed by atoms with E-state index < -0.39 is 0 Å². The smallest absolute Gasteiger partial charge is 0.143 e. The monoisotopic (exact) mass is 425 g/mol. The molecule has 162 valence electrons. The van der Waals surface area contributed by atoms with E-state index in [4.69, 9.17) is 0 Å². The van der Waals surface area contributed by atoms with Crippen molar-refractivity contribution >= 4 is 22.6 Å². The number of likely N-dealkylation sites (tertiary alicyclic amines) is 1. The molecular weight excluding hydrogens is 398 g/mol. The van der Waals surface area contributed by atoms with Gasteiger partial charge in [-0.2, -0.15) is 0 Å². The maximum absolute atomic E-state index is 11.4. The normalized spacial score (nSPS) is 15.7. The van der Waals surface area contributed by atoms with Gasteiger partial charge in [0.05, 0.1) is 5.39 Å². The number of nitrogens with zero attached hydrogens (tertiary/aromatic N) is 3. The van der Waals surface area contributed by atoms with Gasteiger partial charge < -0.3 is 10.3 Å². The van der Waals surface area contributed by atoms with Crippen LogP contribution >= 0.6 is 0 Å². The molecule has 0 amide bonds. The lowest BCUT2D eigenvalue weighted by molar-refractivity contribution is -0.121. The lowest BCUT2D eigenvalue weighted by Gasteiger charge is -2.25. The number of H-pyrrole nitrogens is 1. The average Bonchev–Trinajstić information content (AvgIpc) is 3.27. The fourth-order valence-corrected chi connectivity index (χ4v) is 4.25. The van der Waals surface area contributed by atoms with Crippen LogP contribution in [0.4, 0.5) is 5.82 Å². The Morgan fingerprint density at radius 2 is 1.78 bits per heavy atom. The Bertz CT molecular complexity index is 1210. The number of aromatic amines is 1. The SMILES string of the molecule is CC(Nc1ncnc2[nH]c(-c3ccc(CN4CCC(=O)CC4)cc3)cc12)c1ccccc1. The number of rotatable bonds is 6. The average molecular weight is 426 g/mol. The number of Topliss-reactive ketones (excluding diaryl/α,β-unsaturated/α-hetero) is 1. The first-order valence-electron chi connectivity index (χ1n) is 11.1. The third-order valence-corrected chi connectivity index (χ3v) is 6.16. The zero-order chi connectivity index (χ0) is 21.9. The van der Waals surface area contributed by atoms with Crippen LogP contribution in [-0.2, 0) is 11.3 Å². The van der Waals surface area contributed by atoms with Crippen LogP contribution in [0.1, 0.15) is 36.9 Å². The number of anilines is 1. The number of hydrogen-bond acceptors (Lipinski definition) is 5. The van der Waals surface area contributed by atoms with Crippen molar-refractivity contribution in [1.82, 2.24) is 19.9 Å². The largest absolute Gasteiger partial charge is 0.363 e. The molecule has 0 spiro atoms. The summed E-state index contributed by atoms with van der Waals surface area (Å²) in [6.07, 6.45) is 2.94. The molecule has 2 N–H and O–H groups in total. The fourth-order valence-electron chi connectivity index (χ4n) is 4.25. The molecule has 4 aromatic rings. The van der Waals surface area contributed by atoms with Gasteiger partial charge >= 0.3 is 0 Å². The standard InChI is InChI=1S/C26H27N5O/c1-18(20-5-3-2-4-6-20)29-25-23-15-24(30-26(23)28-17-27-25)21-9-7-19(8-10-21)16-31-13-11-22(32)12-14-31/h2-10,15,17-18H,11-14,16H2,1H3,(H2,27,28,29,30). The van der Waals surface area contributed by atoms with Gasteiger partial charge in [-0.1, -0.05) is 54.6 Å². The van der Waals surface area contributed by atoms with Gasteiger partial charge in [0.2, 0.25) is 0 Å². The van der Waals surface area contributed by atoms with Crippen LogP contribution in [0.3, 0.4) is 0 Å². The number of aromatic nitrogens is 3. The topological polar surface area (TPSA) is 73.9 Å². The Kier molecular flexibility index (Phi) is 5.69. The third kappa shape index (κ3) is 4.41. The van der Waals surface area contributed by atoms with E-state index in [0.717, 1.165) is 47.7 Å². The van der Waals surface area contributed by atoms with Gasteiger partial charge in [0, 0.05) is 44.2 Å². The highest BCUT2D eigenvalue weighted by molar-refractivity contribution is 5.91. The lowest BCUT2D eigenvalue weighted by atomic mass is 10.1. The molecule has 0 radical (unpaired) electrons. The van der Waals surface area contributed by atoms with E-state index in [1.807, 2.05) is 18.2 Å². The van der Waals surface area contributed by atoms with Gasteiger partial charge in [-0.25, -0.2) is 9.97 Å². The molecule has 5 rings (SSSR count). The minimum Gasteiger partial charge on any atom is -0.363 e. The molecule has 1 fully saturated rings. The lowest BCUT2D eigenvalue weighted by Crippen LogP contribution is -2.33. The first kappa shape index (κ1) is 20.4. The quantitative estimate of drug-likeness (QED) is 0.457. The summed E-state index contributed by atoms with van der Waals surface area (Å²) in [5.74, 6) is 1.20. The minimum absolute atomic E-state index is 0.136. The zero-order valence-corrected chi connectivity index (χ0v) is 18.2. The van der Waals surface area contributed by atoms with Crippen LogP contribution in [0, 0.1) is 0 Å². The van der Waals surface area contributed by atoms with Crippen molar-refractivity contribution in [2.75, 3.05) is 18.4 Å². The van der Waals surface area contributed by atoms with Crippen LogP contribution in [0.15, 0.2) is 67.0 Å². The van der Waals surface area contributed by atoms with Crippen LogP contribution in [0.5, 0.6) is 0 Å². The molecule has 6 nitrogen and oxygen atoms in total. The minimum atomic E-state index is 0.136. The number of nitrogens with one attached hydrogen (secondary N) is 2. The van der Waals surface area contributed by atoms with Crippen molar-refractivity contribution < 1.29 is 4.79 Å². The van der Waals surface area contributed by atoms with E-state index in [1.165, 1.54) is 11.1 Å². The Hall–Kier alpha value is -3.51. The van der Waals surface area contributed by atoms with Crippen LogP contribution in [0.25, 0.3) is 22.3 Å². The molecule has 1 atom stereocenters. The van der Waals surface area contributed by atoms with E-state index in [2.05, 4.69) is 74.6 Å². The van der Waals surface area contributed by atoms with E-state index in [-0.39, 0.29) is 6.04 Å². The van der Waals surface area contributed by atoms with Gasteiger partial charge in [0.15, 0.2) is 0 Å². The summed E-state index contributed by atoms with van der Waals surface area (Å²) >= 11 is 0. The molecule has 0 bridgehead atoms. The fraction of sp³-hybridized carbons (Fsp3) is 0.269. The summed E-state index contributed by atoms with van der Waals surface area (Å²) in [7, 11) is 0. The summed E-state index contributed by atoms with van der Waals surface area (Å²) in [5, 5.41) is 4.50. The Morgan fingerprint density at radius 1 is 1.03 bits per heavy atom. The number of carbonyl (C=O) groups is 1. The van der Waals surface area contributed by atoms with Crippen LogP contribution in [0.2, 0.25) is 0 Å². The van der Waals surface area contributed by atoms with Crippen molar-refractivity contribution in [1.29, 1.82) is 0 Å². The molecule has 1 aliphatic heterocycles. The van der Waals surface area contributed by atoms with Gasteiger partial charge in [-0.3, -0.25) is 9.69 Å². The van der Waals surface area contributed by atoms with E-state index in [1.54, 1.807) is 6.33 Å². The van der Waals surface area contributed by atoms with Gasteiger partial charge in [-0.15, -0.1) is 0 Å². The summed E-state index contributed by atoms with van der Waals surface area (Å²) in [5.41, 5.74) is 5.43. The van der Waals surface area contributed by atoms with E-state index in [0.29, 0.717) is 18.6 Å². The van der Waals surface area contributed by atoms with Crippen molar-refractivity contribution in [2.24, 2.45) is 0 Å². The molecule has 0 aliphatic carbocycles. The molecule has 1 saturated heterocycles. The number of ketones is 1. The Balaban J connectivity index is 1.33. The number of benzene rings is 2. The number of fused-ring (bicyclic) bond motifs is 1. The zero-order valence-electron chi connectivity index (χ0n) is 18.2. The van der Waals surface area contributed by atoms with Crippen molar-refractivity contribution in [3.05, 3.63) is 78.1 Å². The second-order valence-corrected chi connectivity index (χ2v) is 8.46. The summed E-state index contributed by atoms with van der Waals surface area (Å²) in [4.78, 5) is 26.1. The van der Waals surface area contributed by atoms with Crippen molar-refractivity contribution in [2.45, 2.75) is 32.4 Å². The number of piperidine rings is 1. The summed E-state index contributed by atoms with van der Waals surface area (Å²) in [6, 6.07) is 21.2. The molecule has 2 aromatic carbocycles. The number of carbonyl (C=O) groups excluding carboxylic acids is 1. The summed E-state index contributed by atoms with van der Waals surface area (Å²) < 4.78 is 0. The molecule has 2 aromatic heterocycles. The summed E-state index contributed by atoms with van der Waals surface area (Å²) in [6.45, 7) is 4.74. The van der Waals surface area contributed by atoms with Crippen LogP contribution < -0.4 is 5.32 Å². The van der Waals surface area contributed by atoms with Crippen molar-refractivity contribution in [3.63, 3.8) is 0 Å². The molecule has 6 heteroatoms. The molecule has 1 unspecified atom stereocenters. The molecule has 0 saturated carbocycles. The highest BCUT2D eigenvalue weighted by Gasteiger charge is 2.16. The maximum Gasteiger partial charge on any atom is 0.143 e. The molecular formula is C26H27N5O. The highest BCUT2D eigenvalue weighted by Crippen LogP contribution is 2.29. The first-order valence-corrected chi connectivity index (χ1v) is 11.1. The van der Waals surface area contributed by atoms with Gasteiger partial charge in [0.25, 0.3) is 0 Å². The Labute approximate surface area is 187 Å². The second-order valence-electron chi connectivity index (χ2n) is 8.46. The Morgan fingerprint density at radius 3 is 2.53 bits per heavy atom. The van der Waals surface area contributed by atoms with Gasteiger partial charge in [-0.05, 0) is 29.7 Å². The molecule has 3 heterocycles. The van der Waals surface area contributed by atoms with Crippen molar-refractivity contribution in [3.8, 4) is 11.3 Å². The molecule has 32 heavy (non-hydrogen) atoms. The highest BCUT2D eigenvalue weighted by atomic mass is 16.1. The van der Waals surface area contributed by atoms with E-state index >= 15 is 0 Å². The predicted molar refractivity (Wildman–Crippen MR) is 127 cm³/mol. The third-order valence-electron chi connectivity index (χ3n) is 6.16. The first-order chi connectivity index (χ1) is 15.7. The second kappa shape index (κ2) is 8.93. The van der Waals surface area contributed by atoms with Gasteiger partial charge in [0.1, 0.15) is 23.6 Å². The van der Waals surface area contributed by atoms with E-state index in [9.17, 15) is 4.79 Å². The predicted octanol–water partition coefficient (Wildman–Crippen LogP) is 4.96. The number of hydrogen-bond donors (Lipinski definition) is 2.